The lowest BCUT2D eigenvalue weighted by Crippen LogP contribution is -2.41. The van der Waals surface area contributed by atoms with E-state index in [0.29, 0.717) is 6.54 Å². The molecule has 0 saturated heterocycles. The number of unbranched alkanes of at least 4 members (excludes halogenated alkanes) is 1. The Balaban J connectivity index is 2.72. The number of hydrogen-bond donors (Lipinski definition) is 2. The number of nitrogens with zero attached hydrogens (tertiary/aromatic N) is 1. The second-order valence-corrected chi connectivity index (χ2v) is 5.25. The molecule has 1 aromatic carbocycles. The fraction of sp³-hybridized carbons (Fsp3) is 0.375. The Morgan fingerprint density at radius 2 is 1.74 bits per heavy atom. The van der Waals surface area contributed by atoms with Crippen molar-refractivity contribution in [1.82, 2.24) is 10.6 Å². The highest BCUT2D eigenvalue weighted by Crippen LogP contribution is 2.18. The van der Waals surface area contributed by atoms with Crippen molar-refractivity contribution in [1.29, 1.82) is 0 Å². The van der Waals surface area contributed by atoms with Crippen molar-refractivity contribution < 1.29 is 33.6 Å². The van der Waals surface area contributed by atoms with Gasteiger partial charge in [0.25, 0.3) is 11.6 Å². The number of amides is 3. The predicted molar refractivity (Wildman–Crippen MR) is 91.2 cm³/mol. The van der Waals surface area contributed by atoms with Gasteiger partial charge in [0, 0.05) is 18.7 Å². The van der Waals surface area contributed by atoms with Crippen molar-refractivity contribution in [2.24, 2.45) is 0 Å². The predicted octanol–water partition coefficient (Wildman–Crippen LogP) is 1.16. The Morgan fingerprint density at radius 3 is 2.30 bits per heavy atom. The van der Waals surface area contributed by atoms with Crippen LogP contribution in [0, 0.1) is 10.1 Å². The molecule has 27 heavy (non-hydrogen) atoms. The minimum absolute atomic E-state index is 0.224. The fourth-order valence-corrected chi connectivity index (χ4v) is 1.87. The normalized spacial score (nSPS) is 9.85. The van der Waals surface area contributed by atoms with Crippen LogP contribution >= 0.6 is 0 Å². The van der Waals surface area contributed by atoms with E-state index in [0.717, 1.165) is 38.2 Å². The van der Waals surface area contributed by atoms with Gasteiger partial charge in [0.15, 0.2) is 6.61 Å². The van der Waals surface area contributed by atoms with Crippen molar-refractivity contribution in [3.05, 3.63) is 39.4 Å². The van der Waals surface area contributed by atoms with Crippen LogP contribution in [-0.2, 0) is 14.3 Å². The van der Waals surface area contributed by atoms with E-state index in [2.05, 4.69) is 10.1 Å². The quantitative estimate of drug-likeness (QED) is 0.294. The molecule has 0 saturated carbocycles. The number of imide groups is 1. The molecule has 0 unspecified atom stereocenters. The lowest BCUT2D eigenvalue weighted by Gasteiger charge is -2.08. The lowest BCUT2D eigenvalue weighted by molar-refractivity contribution is -0.384. The van der Waals surface area contributed by atoms with Crippen LogP contribution in [0.5, 0.6) is 0 Å². The van der Waals surface area contributed by atoms with E-state index in [4.69, 9.17) is 4.74 Å². The van der Waals surface area contributed by atoms with E-state index in [-0.39, 0.29) is 11.1 Å². The first-order valence-electron chi connectivity index (χ1n) is 7.91. The summed E-state index contributed by atoms with van der Waals surface area (Å²) in [5.74, 6) is -2.84. The van der Waals surface area contributed by atoms with Gasteiger partial charge in [-0.2, -0.15) is 0 Å². The van der Waals surface area contributed by atoms with E-state index < -0.39 is 41.1 Å². The maximum Gasteiger partial charge on any atom is 0.338 e. The minimum atomic E-state index is -1.08. The third-order valence-electron chi connectivity index (χ3n) is 3.19. The maximum atomic E-state index is 12.0. The van der Waals surface area contributed by atoms with E-state index in [1.54, 1.807) is 0 Å². The van der Waals surface area contributed by atoms with E-state index in [1.165, 1.54) is 0 Å². The van der Waals surface area contributed by atoms with Gasteiger partial charge in [0.1, 0.15) is 0 Å². The molecule has 11 heteroatoms. The number of carbonyl (C=O) groups is 4. The zero-order valence-corrected chi connectivity index (χ0v) is 14.8. The smallest absolute Gasteiger partial charge is 0.338 e. The number of nitrogens with one attached hydrogen (secondary N) is 2. The largest absolute Gasteiger partial charge is 0.465 e. The first-order valence-corrected chi connectivity index (χ1v) is 7.91. The topological polar surface area (TPSA) is 154 Å². The molecule has 3 amide bonds. The highest BCUT2D eigenvalue weighted by molar-refractivity contribution is 5.98. The molecule has 0 radical (unpaired) electrons. The van der Waals surface area contributed by atoms with Crippen LogP contribution in [0.3, 0.4) is 0 Å². The Kier molecular flexibility index (Phi) is 8.36. The Hall–Kier alpha value is -3.50. The standard InChI is InChI=1S/C16H19N3O8/c1-3-4-5-17-16(23)18-13(20)9-27-15(22)11-6-10(14(21)26-2)7-12(8-11)19(24)25/h6-8H,3-5,9H2,1-2H3,(H2,17,18,20,23). The summed E-state index contributed by atoms with van der Waals surface area (Å²) in [5, 5.41) is 15.3. The third kappa shape index (κ3) is 7.10. The molecule has 0 atom stereocenters. The maximum absolute atomic E-state index is 12.0. The van der Waals surface area contributed by atoms with E-state index in [1.807, 2.05) is 12.2 Å². The second-order valence-electron chi connectivity index (χ2n) is 5.25. The number of benzene rings is 1. The SMILES string of the molecule is CCCCNC(=O)NC(=O)COC(=O)c1cc(C(=O)OC)cc([N+](=O)[O-])c1. The molecule has 146 valence electrons. The molecule has 0 bridgehead atoms. The summed E-state index contributed by atoms with van der Waals surface area (Å²) >= 11 is 0. The number of methoxy groups -OCH3 is 1. The molecule has 0 aliphatic rings. The third-order valence-corrected chi connectivity index (χ3v) is 3.19. The van der Waals surface area contributed by atoms with Crippen LogP contribution in [0.4, 0.5) is 10.5 Å². The van der Waals surface area contributed by atoms with Crippen LogP contribution in [0.1, 0.15) is 40.5 Å². The number of esters is 2. The molecule has 0 aliphatic carbocycles. The highest BCUT2D eigenvalue weighted by atomic mass is 16.6. The molecule has 1 aromatic rings. The van der Waals surface area contributed by atoms with Crippen molar-refractivity contribution >= 4 is 29.6 Å². The number of non-ortho nitro benzene ring substituents is 1. The number of ether oxygens (including phenoxy) is 2. The van der Waals surface area contributed by atoms with Crippen molar-refractivity contribution in [3.63, 3.8) is 0 Å². The van der Waals surface area contributed by atoms with Gasteiger partial charge in [-0.05, 0) is 12.5 Å². The van der Waals surface area contributed by atoms with Gasteiger partial charge in [-0.3, -0.25) is 20.2 Å². The lowest BCUT2D eigenvalue weighted by atomic mass is 10.1. The van der Waals surface area contributed by atoms with Gasteiger partial charge in [0.2, 0.25) is 0 Å². The first-order chi connectivity index (χ1) is 12.8. The highest BCUT2D eigenvalue weighted by Gasteiger charge is 2.20. The molecule has 11 nitrogen and oxygen atoms in total. The summed E-state index contributed by atoms with van der Waals surface area (Å²) < 4.78 is 9.18. The number of carbonyl (C=O) groups excluding carboxylic acids is 4. The number of nitro groups is 1. The van der Waals surface area contributed by atoms with Gasteiger partial charge < -0.3 is 14.8 Å². The molecule has 0 heterocycles. The van der Waals surface area contributed by atoms with E-state index >= 15 is 0 Å². The molecular formula is C16H19N3O8. The summed E-state index contributed by atoms with van der Waals surface area (Å²) in [5.41, 5.74) is -1.06. The Bertz CT molecular complexity index is 747. The van der Waals surface area contributed by atoms with Crippen molar-refractivity contribution in [2.45, 2.75) is 19.8 Å². The number of hydrogen-bond acceptors (Lipinski definition) is 8. The second kappa shape index (κ2) is 10.5. The summed E-state index contributed by atoms with van der Waals surface area (Å²) in [6.07, 6.45) is 1.61. The molecular weight excluding hydrogens is 362 g/mol. The zero-order chi connectivity index (χ0) is 20.4. The first kappa shape index (κ1) is 21.5. The number of urea groups is 1. The van der Waals surface area contributed by atoms with Crippen molar-refractivity contribution in [2.75, 3.05) is 20.3 Å². The van der Waals surface area contributed by atoms with Crippen molar-refractivity contribution in [3.8, 4) is 0 Å². The Morgan fingerprint density at radius 1 is 1.11 bits per heavy atom. The summed E-state index contributed by atoms with van der Waals surface area (Å²) in [7, 11) is 1.08. The van der Waals surface area contributed by atoms with Gasteiger partial charge in [-0.1, -0.05) is 13.3 Å². The molecule has 0 spiro atoms. The van der Waals surface area contributed by atoms with Gasteiger partial charge in [-0.25, -0.2) is 14.4 Å². The van der Waals surface area contributed by atoms with Crippen LogP contribution in [0.2, 0.25) is 0 Å². The molecule has 2 N–H and O–H groups in total. The molecule has 0 aromatic heterocycles. The molecule has 1 rings (SSSR count). The summed E-state index contributed by atoms with van der Waals surface area (Å²) in [6, 6.07) is 2.14. The Labute approximate surface area is 154 Å². The number of nitro benzene ring substituents is 1. The summed E-state index contributed by atoms with van der Waals surface area (Å²) in [4.78, 5) is 56.7. The average molecular weight is 381 g/mol. The van der Waals surface area contributed by atoms with Gasteiger partial charge in [0.05, 0.1) is 23.2 Å². The van der Waals surface area contributed by atoms with Gasteiger partial charge in [-0.15, -0.1) is 0 Å². The minimum Gasteiger partial charge on any atom is -0.465 e. The molecule has 0 fully saturated rings. The fourth-order valence-electron chi connectivity index (χ4n) is 1.87. The van der Waals surface area contributed by atoms with Gasteiger partial charge >= 0.3 is 18.0 Å². The molecule has 0 aliphatic heterocycles. The van der Waals surface area contributed by atoms with Crippen LogP contribution in [0.15, 0.2) is 18.2 Å². The van der Waals surface area contributed by atoms with Crippen LogP contribution < -0.4 is 10.6 Å². The van der Waals surface area contributed by atoms with Crippen LogP contribution in [-0.4, -0.2) is 49.1 Å². The van der Waals surface area contributed by atoms with E-state index in [9.17, 15) is 29.3 Å². The summed E-state index contributed by atoms with van der Waals surface area (Å²) in [6.45, 7) is 1.54. The van der Waals surface area contributed by atoms with Crippen LogP contribution in [0.25, 0.3) is 0 Å². The number of rotatable bonds is 8. The zero-order valence-electron chi connectivity index (χ0n) is 14.8. The average Bonchev–Trinajstić information content (AvgIpc) is 2.65. The monoisotopic (exact) mass is 381 g/mol.